The molecular formula is C21H15F3N2O7S. The van der Waals surface area contributed by atoms with Crippen molar-refractivity contribution in [1.29, 1.82) is 0 Å². The number of alkyl halides is 3. The number of pyridine rings is 2. The van der Waals surface area contributed by atoms with E-state index in [1.54, 1.807) is 6.92 Å². The van der Waals surface area contributed by atoms with E-state index in [9.17, 15) is 36.3 Å². The van der Waals surface area contributed by atoms with E-state index in [2.05, 4.69) is 9.17 Å². The fraction of sp³-hybridized carbons (Fsp3) is 0.286. The second-order valence-corrected chi connectivity index (χ2v) is 9.34. The van der Waals surface area contributed by atoms with Crippen molar-refractivity contribution in [2.45, 2.75) is 38.1 Å². The molecule has 0 unspecified atom stereocenters. The van der Waals surface area contributed by atoms with Gasteiger partial charge in [0.25, 0.3) is 5.56 Å². The second kappa shape index (κ2) is 7.27. The molecule has 178 valence electrons. The van der Waals surface area contributed by atoms with Crippen LogP contribution in [0.5, 0.6) is 5.75 Å². The molecule has 2 aliphatic rings. The number of ether oxygens (including phenoxy) is 1. The van der Waals surface area contributed by atoms with Crippen LogP contribution in [0.2, 0.25) is 0 Å². The second-order valence-electron chi connectivity index (χ2n) is 7.80. The standard InChI is InChI=1S/C21H15F3N2O7S/c1-2-10-11-5-9(33-34(30,31)21(22,23)24)3-4-15(11)25-17-13(10)7-26-16(17)6-12-14(19(26)28)8-32-20(29)18(12)27/h3-6,18,27H,2,7-8H2,1H3/t18-/m0/s1. The van der Waals surface area contributed by atoms with E-state index in [0.717, 1.165) is 12.1 Å². The lowest BCUT2D eigenvalue weighted by atomic mass is 9.97. The van der Waals surface area contributed by atoms with Crippen LogP contribution in [0.3, 0.4) is 0 Å². The maximum Gasteiger partial charge on any atom is 0.534 e. The van der Waals surface area contributed by atoms with Gasteiger partial charge in [-0.3, -0.25) is 4.79 Å². The first kappa shape index (κ1) is 22.3. The Morgan fingerprint density at radius 2 is 1.97 bits per heavy atom. The summed E-state index contributed by atoms with van der Waals surface area (Å²) in [5.74, 6) is -1.39. The number of aromatic nitrogens is 2. The molecule has 1 N–H and O–H groups in total. The summed E-state index contributed by atoms with van der Waals surface area (Å²) in [7, 11) is -5.85. The van der Waals surface area contributed by atoms with Gasteiger partial charge in [0.2, 0.25) is 0 Å². The van der Waals surface area contributed by atoms with Crippen molar-refractivity contribution < 1.29 is 40.4 Å². The summed E-state index contributed by atoms with van der Waals surface area (Å²) in [6.07, 6.45) is -1.21. The van der Waals surface area contributed by atoms with Gasteiger partial charge >= 0.3 is 21.6 Å². The molecule has 0 bridgehead atoms. The van der Waals surface area contributed by atoms with Gasteiger partial charge in [0.15, 0.2) is 6.10 Å². The third kappa shape index (κ3) is 3.18. The van der Waals surface area contributed by atoms with E-state index in [-0.39, 0.29) is 24.3 Å². The highest BCUT2D eigenvalue weighted by Gasteiger charge is 2.48. The van der Waals surface area contributed by atoms with Gasteiger partial charge in [0, 0.05) is 16.5 Å². The van der Waals surface area contributed by atoms with Gasteiger partial charge < -0.3 is 18.6 Å². The summed E-state index contributed by atoms with van der Waals surface area (Å²) in [5.41, 5.74) is -3.34. The highest BCUT2D eigenvalue weighted by Crippen LogP contribution is 2.39. The van der Waals surface area contributed by atoms with E-state index in [1.807, 2.05) is 0 Å². The average molecular weight is 496 g/mol. The topological polar surface area (TPSA) is 125 Å². The number of cyclic esters (lactones) is 1. The molecule has 1 aromatic carbocycles. The molecule has 34 heavy (non-hydrogen) atoms. The monoisotopic (exact) mass is 496 g/mol. The van der Waals surface area contributed by atoms with Gasteiger partial charge in [0.1, 0.15) is 12.4 Å². The van der Waals surface area contributed by atoms with Gasteiger partial charge in [-0.25, -0.2) is 9.78 Å². The maximum absolute atomic E-state index is 13.1. The number of rotatable bonds is 3. The van der Waals surface area contributed by atoms with Gasteiger partial charge in [-0.15, -0.1) is 0 Å². The number of nitrogens with zero attached hydrogens (tertiary/aromatic N) is 2. The molecule has 13 heteroatoms. The third-order valence-electron chi connectivity index (χ3n) is 5.89. The lowest BCUT2D eigenvalue weighted by Crippen LogP contribution is -2.32. The number of hydrogen-bond donors (Lipinski definition) is 1. The normalized spacial score (nSPS) is 17.2. The van der Waals surface area contributed by atoms with Crippen molar-refractivity contribution in [3.8, 4) is 17.1 Å². The predicted molar refractivity (Wildman–Crippen MR) is 110 cm³/mol. The van der Waals surface area contributed by atoms with Crippen LogP contribution in [0.25, 0.3) is 22.3 Å². The fourth-order valence-corrected chi connectivity index (χ4v) is 4.77. The Bertz CT molecular complexity index is 1560. The highest BCUT2D eigenvalue weighted by molar-refractivity contribution is 7.88. The van der Waals surface area contributed by atoms with Crippen LogP contribution < -0.4 is 9.74 Å². The molecule has 0 saturated heterocycles. The van der Waals surface area contributed by atoms with Crippen LogP contribution >= 0.6 is 0 Å². The molecule has 9 nitrogen and oxygen atoms in total. The van der Waals surface area contributed by atoms with Crippen molar-refractivity contribution in [2.75, 3.05) is 0 Å². The van der Waals surface area contributed by atoms with Crippen LogP contribution in [0.15, 0.2) is 29.1 Å². The van der Waals surface area contributed by atoms with E-state index in [0.29, 0.717) is 39.8 Å². The third-order valence-corrected chi connectivity index (χ3v) is 6.87. The Labute approximate surface area is 189 Å². The molecule has 0 amide bonds. The smallest absolute Gasteiger partial charge is 0.458 e. The number of halogens is 3. The van der Waals surface area contributed by atoms with Gasteiger partial charge in [0.05, 0.1) is 29.0 Å². The number of fused-ring (bicyclic) bond motifs is 5. The van der Waals surface area contributed by atoms with Crippen LogP contribution in [-0.2, 0) is 39.2 Å². The van der Waals surface area contributed by atoms with E-state index in [4.69, 9.17) is 4.74 Å². The molecular weight excluding hydrogens is 481 g/mol. The van der Waals surface area contributed by atoms with Crippen LogP contribution in [0.4, 0.5) is 13.2 Å². The maximum atomic E-state index is 13.1. The number of aliphatic hydroxyl groups is 1. The molecule has 4 heterocycles. The number of benzene rings is 1. The minimum Gasteiger partial charge on any atom is -0.458 e. The molecule has 2 aromatic heterocycles. The Balaban J connectivity index is 1.68. The summed E-state index contributed by atoms with van der Waals surface area (Å²) < 4.78 is 71.5. The molecule has 1 atom stereocenters. The first-order valence-electron chi connectivity index (χ1n) is 10.0. The van der Waals surface area contributed by atoms with Crippen molar-refractivity contribution >= 4 is 27.0 Å². The predicted octanol–water partition coefficient (Wildman–Crippen LogP) is 2.31. The molecule has 5 rings (SSSR count). The zero-order chi connectivity index (χ0) is 24.6. The molecule has 3 aromatic rings. The Hall–Kier alpha value is -3.45. The number of esters is 1. The summed E-state index contributed by atoms with van der Waals surface area (Å²) in [6, 6.07) is 5.05. The van der Waals surface area contributed by atoms with Crippen molar-refractivity contribution in [1.82, 2.24) is 9.55 Å². The van der Waals surface area contributed by atoms with Gasteiger partial charge in [-0.2, -0.15) is 21.6 Å². The van der Waals surface area contributed by atoms with E-state index < -0.39 is 39.0 Å². The summed E-state index contributed by atoms with van der Waals surface area (Å²) in [6.45, 7) is 1.62. The van der Waals surface area contributed by atoms with Crippen molar-refractivity contribution in [2.24, 2.45) is 0 Å². The summed E-state index contributed by atoms with van der Waals surface area (Å²) >= 11 is 0. The number of aryl methyl sites for hydroxylation is 1. The largest absolute Gasteiger partial charge is 0.534 e. The lowest BCUT2D eigenvalue weighted by molar-refractivity contribution is -0.157. The Morgan fingerprint density at radius 1 is 1.24 bits per heavy atom. The quantitative estimate of drug-likeness (QED) is 0.260. The lowest BCUT2D eigenvalue weighted by Gasteiger charge is -2.21. The number of aliphatic hydroxyl groups excluding tert-OH is 1. The zero-order valence-electron chi connectivity index (χ0n) is 17.3. The van der Waals surface area contributed by atoms with Crippen molar-refractivity contribution in [3.63, 3.8) is 0 Å². The van der Waals surface area contributed by atoms with Crippen LogP contribution in [-0.4, -0.2) is 34.6 Å². The number of carbonyl (C=O) groups is 1. The van der Waals surface area contributed by atoms with Crippen LogP contribution in [0.1, 0.15) is 35.3 Å². The highest BCUT2D eigenvalue weighted by atomic mass is 32.2. The summed E-state index contributed by atoms with van der Waals surface area (Å²) in [4.78, 5) is 29.4. The number of carbonyl (C=O) groups excluding carboxylic acids is 1. The Kier molecular flexibility index (Phi) is 4.78. The minimum absolute atomic E-state index is 0.0961. The van der Waals surface area contributed by atoms with E-state index in [1.165, 1.54) is 16.7 Å². The first-order valence-corrected chi connectivity index (χ1v) is 11.4. The Morgan fingerprint density at radius 3 is 2.65 bits per heavy atom. The summed E-state index contributed by atoms with van der Waals surface area (Å²) in [5, 5.41) is 10.6. The molecule has 0 aliphatic carbocycles. The zero-order valence-corrected chi connectivity index (χ0v) is 18.2. The molecule has 2 aliphatic heterocycles. The fourth-order valence-electron chi connectivity index (χ4n) is 4.32. The first-order chi connectivity index (χ1) is 15.9. The van der Waals surface area contributed by atoms with Crippen LogP contribution in [0, 0.1) is 0 Å². The molecule has 0 fully saturated rings. The number of hydrogen-bond acceptors (Lipinski definition) is 8. The minimum atomic E-state index is -5.85. The van der Waals surface area contributed by atoms with E-state index >= 15 is 0 Å². The van der Waals surface area contributed by atoms with Gasteiger partial charge in [-0.1, -0.05) is 6.92 Å². The van der Waals surface area contributed by atoms with Crippen molar-refractivity contribution in [3.05, 3.63) is 56.9 Å². The SMILES string of the molecule is CCc1c2c(nc3ccc(OS(=O)(=O)C(F)(F)F)cc13)-c1cc3c(c(=O)n1C2)COC(=O)[C@H]3O. The molecule has 0 radical (unpaired) electrons. The molecule has 0 saturated carbocycles. The van der Waals surface area contributed by atoms with Gasteiger partial charge in [-0.05, 0) is 36.2 Å². The average Bonchev–Trinajstić information content (AvgIpc) is 3.12. The molecule has 0 spiro atoms.